The Bertz CT molecular complexity index is 1300. The van der Waals surface area contributed by atoms with E-state index in [0.29, 0.717) is 22.3 Å². The summed E-state index contributed by atoms with van der Waals surface area (Å²) in [5.41, 5.74) is 4.60. The largest absolute Gasteiger partial charge is 0.456 e. The second kappa shape index (κ2) is 7.88. The van der Waals surface area contributed by atoms with Gasteiger partial charge in [-0.3, -0.25) is 9.59 Å². The minimum atomic E-state index is -0.175. The number of nitrogens with zero attached hydrogens (tertiary/aromatic N) is 1. The first-order valence-electron chi connectivity index (χ1n) is 9.70. The fourth-order valence-corrected chi connectivity index (χ4v) is 4.18. The molecule has 2 heterocycles. The van der Waals surface area contributed by atoms with E-state index in [4.69, 9.17) is 4.42 Å². The molecule has 1 N–H and O–H groups in total. The first kappa shape index (κ1) is 20.0. The van der Waals surface area contributed by atoms with Crippen molar-refractivity contribution < 1.29 is 9.21 Å². The molecule has 0 saturated heterocycles. The Morgan fingerprint density at radius 2 is 1.83 bits per heavy atom. The predicted molar refractivity (Wildman–Crippen MR) is 120 cm³/mol. The molecule has 2 aromatic carbocycles. The minimum absolute atomic E-state index is 0.0766. The Kier molecular flexibility index (Phi) is 5.26. The molecule has 30 heavy (non-hydrogen) atoms. The van der Waals surface area contributed by atoms with Gasteiger partial charge in [0.15, 0.2) is 5.43 Å². The average molecular weight is 419 g/mol. The molecule has 0 saturated carbocycles. The second-order valence-corrected chi connectivity index (χ2v) is 8.56. The van der Waals surface area contributed by atoms with E-state index in [1.807, 2.05) is 45.2 Å². The van der Waals surface area contributed by atoms with Gasteiger partial charge in [-0.1, -0.05) is 18.2 Å². The maximum Gasteiger partial charge on any atom is 0.251 e. The van der Waals surface area contributed by atoms with Crippen molar-refractivity contribution >= 4 is 28.2 Å². The van der Waals surface area contributed by atoms with Crippen LogP contribution in [0, 0.1) is 20.8 Å². The summed E-state index contributed by atoms with van der Waals surface area (Å²) in [5, 5.41) is 6.47. The fraction of sp³-hybridized carbons (Fsp3) is 0.208. The number of aromatic nitrogens is 1. The third-order valence-electron chi connectivity index (χ3n) is 5.02. The zero-order valence-electron chi connectivity index (χ0n) is 17.3. The van der Waals surface area contributed by atoms with Crippen LogP contribution in [0.4, 0.5) is 0 Å². The Morgan fingerprint density at radius 3 is 2.50 bits per heavy atom. The molecule has 0 aliphatic heterocycles. The van der Waals surface area contributed by atoms with Crippen molar-refractivity contribution in [3.8, 4) is 11.3 Å². The van der Waals surface area contributed by atoms with Crippen molar-refractivity contribution in [1.29, 1.82) is 0 Å². The molecule has 0 aliphatic rings. The summed E-state index contributed by atoms with van der Waals surface area (Å²) < 4.78 is 6.03. The molecule has 0 aliphatic carbocycles. The van der Waals surface area contributed by atoms with Crippen LogP contribution in [0.1, 0.15) is 45.2 Å². The van der Waals surface area contributed by atoms with Gasteiger partial charge in [0.05, 0.1) is 22.1 Å². The quantitative estimate of drug-likeness (QED) is 0.486. The predicted octanol–water partition coefficient (Wildman–Crippen LogP) is 5.33. The van der Waals surface area contributed by atoms with Crippen molar-refractivity contribution in [3.05, 3.63) is 85.5 Å². The third-order valence-corrected chi connectivity index (χ3v) is 5.81. The van der Waals surface area contributed by atoms with Crippen LogP contribution >= 0.6 is 11.3 Å². The number of rotatable bonds is 4. The van der Waals surface area contributed by atoms with Crippen LogP contribution in [0.3, 0.4) is 0 Å². The molecule has 0 bridgehead atoms. The van der Waals surface area contributed by atoms with Crippen molar-refractivity contribution in [2.24, 2.45) is 0 Å². The van der Waals surface area contributed by atoms with Crippen LogP contribution in [0.25, 0.3) is 22.3 Å². The molecule has 152 valence electrons. The molecule has 1 amide bonds. The summed E-state index contributed by atoms with van der Waals surface area (Å²) in [4.78, 5) is 29.6. The number of carbonyl (C=O) groups is 1. The van der Waals surface area contributed by atoms with E-state index in [0.717, 1.165) is 27.4 Å². The van der Waals surface area contributed by atoms with Gasteiger partial charge in [-0.2, -0.15) is 0 Å². The summed E-state index contributed by atoms with van der Waals surface area (Å²) in [7, 11) is 0. The first-order chi connectivity index (χ1) is 14.3. The van der Waals surface area contributed by atoms with E-state index in [-0.39, 0.29) is 17.4 Å². The molecule has 0 fully saturated rings. The van der Waals surface area contributed by atoms with Crippen LogP contribution in [0.2, 0.25) is 0 Å². The number of aryl methyl sites for hydroxylation is 3. The second-order valence-electron chi connectivity index (χ2n) is 7.50. The number of hydrogen-bond acceptors (Lipinski definition) is 5. The van der Waals surface area contributed by atoms with Gasteiger partial charge < -0.3 is 9.73 Å². The van der Waals surface area contributed by atoms with E-state index >= 15 is 0 Å². The van der Waals surface area contributed by atoms with Crippen molar-refractivity contribution in [2.45, 2.75) is 33.7 Å². The topological polar surface area (TPSA) is 72.2 Å². The first-order valence-corrected chi connectivity index (χ1v) is 10.6. The standard InChI is InChI=1S/C24H22N2O3S/c1-13-9-14(2)23-19(10-13)21(27)11-22(29-23)17-5-7-18(8-6-17)24(28)25-15(3)20-12-30-16(4)26-20/h5-12,15H,1-4H3,(H,25,28). The lowest BCUT2D eigenvalue weighted by Gasteiger charge is -2.12. The van der Waals surface area contributed by atoms with Crippen LogP contribution in [0.5, 0.6) is 0 Å². The molecule has 0 radical (unpaired) electrons. The van der Waals surface area contributed by atoms with Crippen LogP contribution < -0.4 is 10.7 Å². The average Bonchev–Trinajstić information content (AvgIpc) is 3.15. The van der Waals surface area contributed by atoms with E-state index in [9.17, 15) is 9.59 Å². The van der Waals surface area contributed by atoms with Gasteiger partial charge in [-0.15, -0.1) is 11.3 Å². The smallest absolute Gasteiger partial charge is 0.251 e. The lowest BCUT2D eigenvalue weighted by atomic mass is 10.1. The summed E-state index contributed by atoms with van der Waals surface area (Å²) in [6.45, 7) is 7.74. The number of carbonyl (C=O) groups excluding carboxylic acids is 1. The molecule has 1 unspecified atom stereocenters. The maximum atomic E-state index is 12.6. The molecule has 1 atom stereocenters. The van der Waals surface area contributed by atoms with E-state index in [1.54, 1.807) is 35.6 Å². The molecule has 6 heteroatoms. The minimum Gasteiger partial charge on any atom is -0.456 e. The van der Waals surface area contributed by atoms with Crippen molar-refractivity contribution in [1.82, 2.24) is 10.3 Å². The highest BCUT2D eigenvalue weighted by Crippen LogP contribution is 2.25. The Hall–Kier alpha value is -3.25. The summed E-state index contributed by atoms with van der Waals surface area (Å²) >= 11 is 1.56. The van der Waals surface area contributed by atoms with Gasteiger partial charge in [-0.25, -0.2) is 4.98 Å². The number of nitrogens with one attached hydrogen (secondary N) is 1. The molecule has 0 spiro atoms. The lowest BCUT2D eigenvalue weighted by Crippen LogP contribution is -2.26. The normalized spacial score (nSPS) is 12.1. The van der Waals surface area contributed by atoms with Gasteiger partial charge >= 0.3 is 0 Å². The van der Waals surface area contributed by atoms with Gasteiger partial charge in [-0.05, 0) is 57.0 Å². The number of fused-ring (bicyclic) bond motifs is 1. The molecule has 4 rings (SSSR count). The molecule has 2 aromatic heterocycles. The molecule has 4 aromatic rings. The van der Waals surface area contributed by atoms with Gasteiger partial charge in [0.2, 0.25) is 0 Å². The van der Waals surface area contributed by atoms with Gasteiger partial charge in [0.1, 0.15) is 11.3 Å². The SMILES string of the molecule is Cc1cc(C)c2oc(-c3ccc(C(=O)NC(C)c4csc(C)n4)cc3)cc(=O)c2c1. The fourth-order valence-electron chi connectivity index (χ4n) is 3.47. The number of hydrogen-bond donors (Lipinski definition) is 1. The van der Waals surface area contributed by atoms with E-state index in [1.165, 1.54) is 6.07 Å². The number of amides is 1. The monoisotopic (exact) mass is 418 g/mol. The van der Waals surface area contributed by atoms with Crippen molar-refractivity contribution in [2.75, 3.05) is 0 Å². The number of thiazole rings is 1. The van der Waals surface area contributed by atoms with E-state index < -0.39 is 0 Å². The zero-order chi connectivity index (χ0) is 21.4. The maximum absolute atomic E-state index is 12.6. The Balaban J connectivity index is 1.59. The highest BCUT2D eigenvalue weighted by atomic mass is 32.1. The zero-order valence-corrected chi connectivity index (χ0v) is 18.1. The lowest BCUT2D eigenvalue weighted by molar-refractivity contribution is 0.0939. The van der Waals surface area contributed by atoms with Crippen LogP contribution in [-0.4, -0.2) is 10.9 Å². The van der Waals surface area contributed by atoms with Gasteiger partial charge in [0, 0.05) is 22.6 Å². The highest BCUT2D eigenvalue weighted by molar-refractivity contribution is 7.09. The summed E-state index contributed by atoms with van der Waals surface area (Å²) in [6, 6.07) is 12.2. The van der Waals surface area contributed by atoms with Gasteiger partial charge in [0.25, 0.3) is 5.91 Å². The Labute approximate surface area is 178 Å². The highest BCUT2D eigenvalue weighted by Gasteiger charge is 2.15. The molecular formula is C24H22N2O3S. The summed E-state index contributed by atoms with van der Waals surface area (Å²) in [6.07, 6.45) is 0. The molecular weight excluding hydrogens is 396 g/mol. The van der Waals surface area contributed by atoms with Crippen LogP contribution in [-0.2, 0) is 0 Å². The van der Waals surface area contributed by atoms with Crippen molar-refractivity contribution in [3.63, 3.8) is 0 Å². The van der Waals surface area contributed by atoms with Crippen LogP contribution in [0.15, 0.2) is 57.1 Å². The Morgan fingerprint density at radius 1 is 1.10 bits per heavy atom. The summed E-state index contributed by atoms with van der Waals surface area (Å²) in [5.74, 6) is 0.309. The molecule has 5 nitrogen and oxygen atoms in total. The number of benzene rings is 2. The van der Waals surface area contributed by atoms with E-state index in [2.05, 4.69) is 10.3 Å². The third kappa shape index (κ3) is 3.91.